The van der Waals surface area contributed by atoms with Crippen LogP contribution in [0.15, 0.2) is 12.1 Å². The fourth-order valence-electron chi connectivity index (χ4n) is 3.05. The molecular weight excluding hydrogens is 278 g/mol. The fourth-order valence-corrected chi connectivity index (χ4v) is 3.05. The minimum atomic E-state index is -1.11. The average molecular weight is 294 g/mol. The van der Waals surface area contributed by atoms with Gasteiger partial charge in [0.05, 0.1) is 11.1 Å². The van der Waals surface area contributed by atoms with E-state index in [1.54, 1.807) is 0 Å². The Morgan fingerprint density at radius 1 is 1.14 bits per heavy atom. The van der Waals surface area contributed by atoms with Crippen molar-refractivity contribution in [3.05, 3.63) is 34.9 Å². The first-order valence-corrected chi connectivity index (χ1v) is 7.08. The van der Waals surface area contributed by atoms with Crippen molar-refractivity contribution in [3.63, 3.8) is 0 Å². The van der Waals surface area contributed by atoms with Crippen LogP contribution >= 0.6 is 0 Å². The minimum absolute atomic E-state index is 0.0330. The molecule has 1 fully saturated rings. The molecule has 1 aromatic rings. The number of nitrogens with zero attached hydrogens (tertiary/aromatic N) is 1. The van der Waals surface area contributed by atoms with Gasteiger partial charge < -0.3 is 5.32 Å². The van der Waals surface area contributed by atoms with Gasteiger partial charge in [0, 0.05) is 18.6 Å². The lowest BCUT2D eigenvalue weighted by molar-refractivity contribution is 0.0628. The summed E-state index contributed by atoms with van der Waals surface area (Å²) in [5, 5.41) is 3.34. The lowest BCUT2D eigenvalue weighted by Gasteiger charge is -2.31. The molecule has 1 N–H and O–H groups in total. The first-order valence-electron chi connectivity index (χ1n) is 7.08. The van der Waals surface area contributed by atoms with Crippen LogP contribution in [0, 0.1) is 11.6 Å². The third kappa shape index (κ3) is 2.44. The summed E-state index contributed by atoms with van der Waals surface area (Å²) in [5.74, 6) is -3.31. The minimum Gasteiger partial charge on any atom is -0.310 e. The van der Waals surface area contributed by atoms with Crippen LogP contribution in [0.4, 0.5) is 8.78 Å². The van der Waals surface area contributed by atoms with Crippen LogP contribution in [0.25, 0.3) is 0 Å². The highest BCUT2D eigenvalue weighted by atomic mass is 19.2. The monoisotopic (exact) mass is 294 g/mol. The molecule has 0 spiro atoms. The summed E-state index contributed by atoms with van der Waals surface area (Å²) in [5.41, 5.74) is -0.106. The molecule has 0 radical (unpaired) electrons. The Labute approximate surface area is 121 Å². The number of halogens is 2. The maximum absolute atomic E-state index is 13.2. The SMILES string of the molecule is CC1CCCC(CN2C(=O)c3cc(F)c(F)cc3C2=O)N1. The number of imide groups is 1. The Bertz CT molecular complexity index is 577. The molecule has 2 heterocycles. The third-order valence-electron chi connectivity index (χ3n) is 4.12. The van der Waals surface area contributed by atoms with E-state index in [1.165, 1.54) is 0 Å². The standard InChI is InChI=1S/C15H16F2N2O2/c1-8-3-2-4-9(18-8)7-19-14(20)10-5-12(16)13(17)6-11(10)15(19)21/h5-6,8-9,18H,2-4,7H2,1H3. The van der Waals surface area contributed by atoms with E-state index in [2.05, 4.69) is 12.2 Å². The molecule has 1 aromatic carbocycles. The second kappa shape index (κ2) is 5.18. The number of benzene rings is 1. The Balaban J connectivity index is 1.83. The van der Waals surface area contributed by atoms with Gasteiger partial charge >= 0.3 is 0 Å². The fraction of sp³-hybridized carbons (Fsp3) is 0.467. The molecule has 112 valence electrons. The Morgan fingerprint density at radius 2 is 1.71 bits per heavy atom. The summed E-state index contributed by atoms with van der Waals surface area (Å²) in [6.45, 7) is 2.29. The van der Waals surface area contributed by atoms with Gasteiger partial charge in [-0.2, -0.15) is 0 Å². The zero-order valence-electron chi connectivity index (χ0n) is 11.7. The van der Waals surface area contributed by atoms with E-state index in [-0.39, 0.29) is 23.7 Å². The number of hydrogen-bond acceptors (Lipinski definition) is 3. The van der Waals surface area contributed by atoms with Crippen molar-refractivity contribution in [2.45, 2.75) is 38.3 Å². The maximum atomic E-state index is 13.2. The van der Waals surface area contributed by atoms with Gasteiger partial charge in [0.25, 0.3) is 11.8 Å². The van der Waals surface area contributed by atoms with Gasteiger partial charge in [0.15, 0.2) is 11.6 Å². The molecule has 3 rings (SSSR count). The lowest BCUT2D eigenvalue weighted by atomic mass is 9.99. The van der Waals surface area contributed by atoms with E-state index >= 15 is 0 Å². The molecule has 0 aromatic heterocycles. The van der Waals surface area contributed by atoms with Crippen LogP contribution in [0.5, 0.6) is 0 Å². The summed E-state index contributed by atoms with van der Waals surface area (Å²) in [6, 6.07) is 1.99. The van der Waals surface area contributed by atoms with E-state index in [4.69, 9.17) is 0 Å². The van der Waals surface area contributed by atoms with Crippen LogP contribution < -0.4 is 5.32 Å². The smallest absolute Gasteiger partial charge is 0.261 e. The summed E-state index contributed by atoms with van der Waals surface area (Å²) in [7, 11) is 0. The third-order valence-corrected chi connectivity index (χ3v) is 4.12. The summed E-state index contributed by atoms with van der Waals surface area (Å²) < 4.78 is 26.5. The van der Waals surface area contributed by atoms with Crippen molar-refractivity contribution in [2.75, 3.05) is 6.54 Å². The quantitative estimate of drug-likeness (QED) is 0.850. The van der Waals surface area contributed by atoms with Gasteiger partial charge in [0.2, 0.25) is 0 Å². The van der Waals surface area contributed by atoms with Crippen LogP contribution in [0.2, 0.25) is 0 Å². The van der Waals surface area contributed by atoms with Crippen LogP contribution in [0.3, 0.4) is 0 Å². The van der Waals surface area contributed by atoms with Crippen molar-refractivity contribution in [2.24, 2.45) is 0 Å². The highest BCUT2D eigenvalue weighted by Gasteiger charge is 2.38. The first-order chi connectivity index (χ1) is 9.97. The van der Waals surface area contributed by atoms with Gasteiger partial charge in [0.1, 0.15) is 0 Å². The summed E-state index contributed by atoms with van der Waals surface area (Å²) in [4.78, 5) is 25.5. The number of fused-ring (bicyclic) bond motifs is 1. The van der Waals surface area contributed by atoms with E-state index in [0.29, 0.717) is 6.04 Å². The second-order valence-corrected chi connectivity index (χ2v) is 5.73. The van der Waals surface area contributed by atoms with Gasteiger partial charge in [-0.3, -0.25) is 14.5 Å². The second-order valence-electron chi connectivity index (χ2n) is 5.73. The normalized spacial score (nSPS) is 25.4. The van der Waals surface area contributed by atoms with E-state index in [1.807, 2.05) is 0 Å². The highest BCUT2D eigenvalue weighted by Crippen LogP contribution is 2.26. The van der Waals surface area contributed by atoms with Crippen LogP contribution in [-0.2, 0) is 0 Å². The predicted molar refractivity (Wildman–Crippen MR) is 72.0 cm³/mol. The molecule has 1 saturated heterocycles. The van der Waals surface area contributed by atoms with Crippen molar-refractivity contribution in [1.29, 1.82) is 0 Å². The Hall–Kier alpha value is -1.82. The van der Waals surface area contributed by atoms with Gasteiger partial charge in [-0.1, -0.05) is 6.42 Å². The predicted octanol–water partition coefficient (Wildman–Crippen LogP) is 2.09. The van der Waals surface area contributed by atoms with Crippen molar-refractivity contribution in [3.8, 4) is 0 Å². The van der Waals surface area contributed by atoms with Gasteiger partial charge in [-0.05, 0) is 31.9 Å². The molecule has 4 nitrogen and oxygen atoms in total. The molecule has 2 aliphatic heterocycles. The molecular formula is C15H16F2N2O2. The zero-order valence-corrected chi connectivity index (χ0v) is 11.7. The maximum Gasteiger partial charge on any atom is 0.261 e. The number of amides is 2. The molecule has 2 amide bonds. The average Bonchev–Trinajstić information content (AvgIpc) is 2.65. The first kappa shape index (κ1) is 14.1. The van der Waals surface area contributed by atoms with Crippen molar-refractivity contribution >= 4 is 11.8 Å². The molecule has 2 aliphatic rings. The molecule has 21 heavy (non-hydrogen) atoms. The zero-order chi connectivity index (χ0) is 15.1. The van der Waals surface area contributed by atoms with E-state index in [0.717, 1.165) is 36.3 Å². The van der Waals surface area contributed by atoms with Crippen molar-refractivity contribution < 1.29 is 18.4 Å². The molecule has 0 saturated carbocycles. The van der Waals surface area contributed by atoms with Gasteiger partial charge in [-0.15, -0.1) is 0 Å². The number of rotatable bonds is 2. The number of piperidine rings is 1. The summed E-state index contributed by atoms with van der Waals surface area (Å²) in [6.07, 6.45) is 2.97. The number of hydrogen-bond donors (Lipinski definition) is 1. The number of carbonyl (C=O) groups excluding carboxylic acids is 2. The molecule has 0 bridgehead atoms. The summed E-state index contributed by atoms with van der Waals surface area (Å²) >= 11 is 0. The molecule has 6 heteroatoms. The largest absolute Gasteiger partial charge is 0.310 e. The van der Waals surface area contributed by atoms with Crippen molar-refractivity contribution in [1.82, 2.24) is 10.2 Å². The number of carbonyl (C=O) groups is 2. The molecule has 2 unspecified atom stereocenters. The Kier molecular flexibility index (Phi) is 3.49. The van der Waals surface area contributed by atoms with Crippen LogP contribution in [0.1, 0.15) is 46.9 Å². The van der Waals surface area contributed by atoms with Crippen LogP contribution in [-0.4, -0.2) is 35.3 Å². The Morgan fingerprint density at radius 3 is 2.24 bits per heavy atom. The topological polar surface area (TPSA) is 49.4 Å². The highest BCUT2D eigenvalue weighted by molar-refractivity contribution is 6.21. The number of nitrogens with one attached hydrogen (secondary N) is 1. The van der Waals surface area contributed by atoms with E-state index in [9.17, 15) is 18.4 Å². The lowest BCUT2D eigenvalue weighted by Crippen LogP contribution is -2.48. The molecule has 2 atom stereocenters. The van der Waals surface area contributed by atoms with E-state index < -0.39 is 23.4 Å². The van der Waals surface area contributed by atoms with Gasteiger partial charge in [-0.25, -0.2) is 8.78 Å². The molecule has 0 aliphatic carbocycles.